The van der Waals surface area contributed by atoms with Crippen molar-refractivity contribution in [3.05, 3.63) is 46.3 Å². The molecule has 1 aromatic rings. The zero-order valence-corrected chi connectivity index (χ0v) is 13.6. The molecule has 1 aromatic carbocycles. The largest absolute Gasteiger partial charge is 0.513 e. The molecule has 1 unspecified atom stereocenters. The van der Waals surface area contributed by atoms with E-state index >= 15 is 0 Å². The number of ether oxygens (including phenoxy) is 2. The number of nitrogens with one attached hydrogen (secondary N) is 1. The van der Waals surface area contributed by atoms with E-state index < -0.39 is 6.16 Å². The van der Waals surface area contributed by atoms with Gasteiger partial charge in [-0.25, -0.2) is 4.79 Å². The summed E-state index contributed by atoms with van der Waals surface area (Å²) < 4.78 is 10.3. The minimum Gasteiger partial charge on any atom is -0.434 e. The van der Waals surface area contributed by atoms with Crippen molar-refractivity contribution in [2.45, 2.75) is 33.1 Å². The number of hydrazone groups is 1. The highest BCUT2D eigenvalue weighted by Crippen LogP contribution is 2.33. The molecule has 0 saturated carbocycles. The van der Waals surface area contributed by atoms with Crippen LogP contribution < -0.4 is 5.43 Å². The topological polar surface area (TPSA) is 59.9 Å². The van der Waals surface area contributed by atoms with Crippen LogP contribution in [0.3, 0.4) is 0 Å². The van der Waals surface area contributed by atoms with E-state index in [0.717, 1.165) is 17.7 Å². The summed E-state index contributed by atoms with van der Waals surface area (Å²) in [5, 5.41) is 5.01. The van der Waals surface area contributed by atoms with E-state index in [1.54, 1.807) is 6.92 Å². The van der Waals surface area contributed by atoms with E-state index in [1.807, 2.05) is 38.1 Å². The Hall–Kier alpha value is -2.01. The lowest BCUT2D eigenvalue weighted by atomic mass is 9.89. The van der Waals surface area contributed by atoms with E-state index in [1.165, 1.54) is 0 Å². The number of rotatable bonds is 4. The summed E-state index contributed by atoms with van der Waals surface area (Å²) in [5.74, 6) is 0.278. The predicted molar refractivity (Wildman–Crippen MR) is 85.9 cm³/mol. The number of benzene rings is 1. The zero-order valence-electron chi connectivity index (χ0n) is 12.9. The third-order valence-corrected chi connectivity index (χ3v) is 3.61. The van der Waals surface area contributed by atoms with Gasteiger partial charge in [0.1, 0.15) is 5.76 Å². The van der Waals surface area contributed by atoms with E-state index in [2.05, 4.69) is 10.5 Å². The fourth-order valence-corrected chi connectivity index (χ4v) is 2.42. The van der Waals surface area contributed by atoms with Crippen LogP contribution in [0.5, 0.6) is 0 Å². The molecule has 1 aliphatic rings. The molecule has 0 spiro atoms. The minimum absolute atomic E-state index is 0.229. The van der Waals surface area contributed by atoms with Crippen molar-refractivity contribution in [1.29, 1.82) is 0 Å². The van der Waals surface area contributed by atoms with Gasteiger partial charge in [0.05, 0.1) is 23.9 Å². The summed E-state index contributed by atoms with van der Waals surface area (Å²) in [6.45, 7) is 5.82. The Morgan fingerprint density at radius 3 is 2.59 bits per heavy atom. The predicted octanol–water partition coefficient (Wildman–Crippen LogP) is 4.20. The van der Waals surface area contributed by atoms with E-state index in [4.69, 9.17) is 21.1 Å². The van der Waals surface area contributed by atoms with Gasteiger partial charge in [-0.1, -0.05) is 30.7 Å². The van der Waals surface area contributed by atoms with Crippen molar-refractivity contribution in [2.24, 2.45) is 5.10 Å². The number of halogens is 1. The van der Waals surface area contributed by atoms with Crippen LogP contribution in [0.4, 0.5) is 4.79 Å². The lowest BCUT2D eigenvalue weighted by Gasteiger charge is -2.27. The molecule has 0 aromatic heterocycles. The van der Waals surface area contributed by atoms with Gasteiger partial charge in [0.25, 0.3) is 0 Å². The summed E-state index contributed by atoms with van der Waals surface area (Å²) in [6, 6.07) is 7.43. The maximum atomic E-state index is 11.7. The number of carbonyl (C=O) groups is 1. The number of hydrogen-bond acceptors (Lipinski definition) is 5. The van der Waals surface area contributed by atoms with Crippen molar-refractivity contribution in [3.8, 4) is 0 Å². The molecule has 1 heterocycles. The Bertz CT molecular complexity index is 608. The summed E-state index contributed by atoms with van der Waals surface area (Å²) in [4.78, 5) is 11.7. The van der Waals surface area contributed by atoms with Crippen LogP contribution in [-0.4, -0.2) is 18.5 Å². The van der Waals surface area contributed by atoms with Gasteiger partial charge in [0.15, 0.2) is 0 Å². The molecule has 0 radical (unpaired) electrons. The molecule has 22 heavy (non-hydrogen) atoms. The molecule has 1 aliphatic heterocycles. The highest BCUT2D eigenvalue weighted by Gasteiger charge is 2.30. The highest BCUT2D eigenvalue weighted by molar-refractivity contribution is 6.30. The maximum absolute atomic E-state index is 11.7. The van der Waals surface area contributed by atoms with Gasteiger partial charge >= 0.3 is 6.16 Å². The molecule has 118 valence electrons. The Kier molecular flexibility index (Phi) is 5.44. The van der Waals surface area contributed by atoms with Gasteiger partial charge in [0.2, 0.25) is 0 Å². The minimum atomic E-state index is -0.713. The molecule has 0 aliphatic carbocycles. The fourth-order valence-electron chi connectivity index (χ4n) is 2.30. The quantitative estimate of drug-likeness (QED) is 0.844. The smallest absolute Gasteiger partial charge is 0.434 e. The number of allylic oxidation sites excluding steroid dienone is 2. The first-order chi connectivity index (χ1) is 10.6. The lowest BCUT2D eigenvalue weighted by Crippen LogP contribution is -2.28. The van der Waals surface area contributed by atoms with Crippen LogP contribution >= 0.6 is 11.6 Å². The molecular weight excluding hydrogens is 304 g/mol. The molecule has 5 nitrogen and oxygen atoms in total. The molecule has 0 fully saturated rings. The van der Waals surface area contributed by atoms with Gasteiger partial charge < -0.3 is 9.47 Å². The second kappa shape index (κ2) is 7.31. The van der Waals surface area contributed by atoms with E-state index in [-0.39, 0.29) is 12.5 Å². The molecule has 1 N–H and O–H groups in total. The zero-order chi connectivity index (χ0) is 16.1. The van der Waals surface area contributed by atoms with Crippen LogP contribution in [0.15, 0.2) is 40.8 Å². The van der Waals surface area contributed by atoms with Crippen molar-refractivity contribution in [2.75, 3.05) is 6.61 Å². The molecule has 1 atom stereocenters. The summed E-state index contributed by atoms with van der Waals surface area (Å²) in [7, 11) is 0. The Morgan fingerprint density at radius 1 is 1.32 bits per heavy atom. The lowest BCUT2D eigenvalue weighted by molar-refractivity contribution is 0.0779. The Morgan fingerprint density at radius 2 is 2.00 bits per heavy atom. The molecular formula is C16H19ClN2O3. The van der Waals surface area contributed by atoms with Gasteiger partial charge in [-0.3, -0.25) is 5.43 Å². The van der Waals surface area contributed by atoms with Gasteiger partial charge in [-0.05, 0) is 38.0 Å². The SMILES string of the molecule is CCOC(=O)OC1=C(C)NN=C(CC)C1c1ccc(Cl)cc1. The summed E-state index contributed by atoms with van der Waals surface area (Å²) >= 11 is 5.95. The van der Waals surface area contributed by atoms with Gasteiger partial charge in [-0.2, -0.15) is 5.10 Å². The van der Waals surface area contributed by atoms with Crippen LogP contribution in [0.25, 0.3) is 0 Å². The number of carbonyl (C=O) groups excluding carboxylic acids is 1. The highest BCUT2D eigenvalue weighted by atomic mass is 35.5. The van der Waals surface area contributed by atoms with Crippen molar-refractivity contribution in [1.82, 2.24) is 5.43 Å². The summed E-state index contributed by atoms with van der Waals surface area (Å²) in [5.41, 5.74) is 5.43. The van der Waals surface area contributed by atoms with Crippen LogP contribution in [-0.2, 0) is 9.47 Å². The standard InChI is InChI=1S/C16H19ClN2O3/c1-4-13-14(11-6-8-12(17)9-7-11)15(10(3)18-19-13)22-16(20)21-5-2/h6-9,14,18H,4-5H2,1-3H3. The Labute approximate surface area is 134 Å². The third kappa shape index (κ3) is 3.60. The second-order valence-corrected chi connectivity index (χ2v) is 5.26. The normalized spacial score (nSPS) is 17.6. The van der Waals surface area contributed by atoms with E-state index in [0.29, 0.717) is 16.5 Å². The molecule has 0 amide bonds. The average molecular weight is 323 g/mol. The van der Waals surface area contributed by atoms with Crippen LogP contribution in [0, 0.1) is 0 Å². The summed E-state index contributed by atoms with van der Waals surface area (Å²) in [6.07, 6.45) is 0.0125. The first-order valence-corrected chi connectivity index (χ1v) is 7.57. The van der Waals surface area contributed by atoms with Gasteiger partial charge in [-0.15, -0.1) is 0 Å². The first kappa shape index (κ1) is 16.4. The Balaban J connectivity index is 2.37. The van der Waals surface area contributed by atoms with E-state index in [9.17, 15) is 4.79 Å². The maximum Gasteiger partial charge on any atom is 0.513 e. The van der Waals surface area contributed by atoms with Crippen molar-refractivity contribution >= 4 is 23.5 Å². The van der Waals surface area contributed by atoms with Crippen molar-refractivity contribution in [3.63, 3.8) is 0 Å². The monoisotopic (exact) mass is 322 g/mol. The first-order valence-electron chi connectivity index (χ1n) is 7.20. The van der Waals surface area contributed by atoms with Crippen molar-refractivity contribution < 1.29 is 14.3 Å². The van der Waals surface area contributed by atoms with Crippen LogP contribution in [0.2, 0.25) is 5.02 Å². The third-order valence-electron chi connectivity index (χ3n) is 3.35. The fraction of sp³-hybridized carbons (Fsp3) is 0.375. The average Bonchev–Trinajstić information content (AvgIpc) is 2.50. The van der Waals surface area contributed by atoms with Gasteiger partial charge in [0, 0.05) is 5.02 Å². The molecule has 6 heteroatoms. The molecule has 0 saturated heterocycles. The number of hydrogen-bond donors (Lipinski definition) is 1. The number of nitrogens with zero attached hydrogens (tertiary/aromatic N) is 1. The molecule has 0 bridgehead atoms. The molecule has 2 rings (SSSR count). The van der Waals surface area contributed by atoms with Crippen LogP contribution in [0.1, 0.15) is 38.7 Å². The second-order valence-electron chi connectivity index (χ2n) is 4.83.